The van der Waals surface area contributed by atoms with Crippen LogP contribution in [0.2, 0.25) is 0 Å². The van der Waals surface area contributed by atoms with Gasteiger partial charge in [0.25, 0.3) is 0 Å². The molecule has 0 radical (unpaired) electrons. The van der Waals surface area contributed by atoms with Crippen molar-refractivity contribution in [3.05, 3.63) is 131 Å². The van der Waals surface area contributed by atoms with Gasteiger partial charge in [-0.15, -0.1) is 0 Å². The number of nitrogens with zero attached hydrogens (tertiary/aromatic N) is 2. The van der Waals surface area contributed by atoms with Gasteiger partial charge >= 0.3 is 0 Å². The molecule has 34 heavy (non-hydrogen) atoms. The number of aromatic nitrogens is 1. The minimum atomic E-state index is 0.330. The summed E-state index contributed by atoms with van der Waals surface area (Å²) < 4.78 is 0. The molecule has 166 valence electrons. The summed E-state index contributed by atoms with van der Waals surface area (Å²) in [6.07, 6.45) is 9.59. The lowest BCUT2D eigenvalue weighted by molar-refractivity contribution is 0.341. The van der Waals surface area contributed by atoms with E-state index in [0.717, 1.165) is 18.7 Å². The predicted molar refractivity (Wildman–Crippen MR) is 141 cm³/mol. The number of fused-ring (bicyclic) bond motifs is 3. The number of benzene rings is 3. The zero-order chi connectivity index (χ0) is 23.1. The maximum Gasteiger partial charge on any atom is 0.0710 e. The highest BCUT2D eigenvalue weighted by atomic mass is 15.2. The SMILES string of the molecule is Cc1cc(C)cc(-c2ccnc(-c3ccccc3C[C@H]3c4ccccc4C4=CC=CCN43)c2)c1. The van der Waals surface area contributed by atoms with Gasteiger partial charge in [-0.2, -0.15) is 0 Å². The van der Waals surface area contributed by atoms with Gasteiger partial charge in [0.05, 0.1) is 11.7 Å². The fraction of sp³-hybridized carbons (Fsp3) is 0.156. The van der Waals surface area contributed by atoms with Crippen molar-refractivity contribution in [1.29, 1.82) is 0 Å². The standard InChI is InChI=1S/C32H28N2/c1-22-17-23(2)19-26(18-22)24-14-15-33-30(20-24)27-10-4-3-9-25(27)21-32-29-12-6-5-11-28(29)31-13-7-8-16-34(31)32/h3-15,17-20,32H,16,21H2,1-2H3/t32-/m0/s1. The quantitative estimate of drug-likeness (QED) is 0.326. The average Bonchev–Trinajstić information content (AvgIpc) is 3.18. The van der Waals surface area contributed by atoms with E-state index in [1.807, 2.05) is 6.20 Å². The van der Waals surface area contributed by atoms with Crippen LogP contribution in [0.4, 0.5) is 0 Å². The first-order valence-electron chi connectivity index (χ1n) is 12.0. The number of allylic oxidation sites excluding steroid dienone is 2. The topological polar surface area (TPSA) is 16.1 Å². The average molecular weight is 441 g/mol. The van der Waals surface area contributed by atoms with Crippen molar-refractivity contribution < 1.29 is 0 Å². The first-order valence-corrected chi connectivity index (χ1v) is 12.0. The highest BCUT2D eigenvalue weighted by Crippen LogP contribution is 2.44. The first kappa shape index (κ1) is 20.7. The summed E-state index contributed by atoms with van der Waals surface area (Å²) >= 11 is 0. The minimum absolute atomic E-state index is 0.330. The molecule has 0 N–H and O–H groups in total. The fourth-order valence-corrected chi connectivity index (χ4v) is 5.53. The van der Waals surface area contributed by atoms with E-state index in [0.29, 0.717) is 6.04 Å². The van der Waals surface area contributed by atoms with Crippen LogP contribution in [0.3, 0.4) is 0 Å². The summed E-state index contributed by atoms with van der Waals surface area (Å²) in [5.74, 6) is 0. The van der Waals surface area contributed by atoms with Crippen LogP contribution < -0.4 is 0 Å². The molecule has 2 heteroatoms. The van der Waals surface area contributed by atoms with Crippen molar-refractivity contribution >= 4 is 5.70 Å². The van der Waals surface area contributed by atoms with E-state index in [1.165, 1.54) is 50.2 Å². The van der Waals surface area contributed by atoms with Gasteiger partial charge < -0.3 is 4.90 Å². The van der Waals surface area contributed by atoms with Gasteiger partial charge in [0.2, 0.25) is 0 Å². The molecule has 0 unspecified atom stereocenters. The van der Waals surface area contributed by atoms with Crippen LogP contribution in [-0.2, 0) is 6.42 Å². The summed E-state index contributed by atoms with van der Waals surface area (Å²) in [6.45, 7) is 5.27. The smallest absolute Gasteiger partial charge is 0.0710 e. The molecule has 2 nitrogen and oxygen atoms in total. The number of pyridine rings is 1. The normalized spacial score (nSPS) is 16.2. The first-order chi connectivity index (χ1) is 16.7. The third-order valence-electron chi connectivity index (χ3n) is 7.00. The van der Waals surface area contributed by atoms with E-state index >= 15 is 0 Å². The van der Waals surface area contributed by atoms with Crippen LogP contribution >= 0.6 is 0 Å². The van der Waals surface area contributed by atoms with Gasteiger partial charge in [-0.1, -0.05) is 90.0 Å². The summed E-state index contributed by atoms with van der Waals surface area (Å²) in [5.41, 5.74) is 12.7. The number of rotatable bonds is 4. The largest absolute Gasteiger partial charge is 0.360 e. The van der Waals surface area contributed by atoms with Gasteiger partial charge in [-0.3, -0.25) is 4.98 Å². The van der Waals surface area contributed by atoms with E-state index < -0.39 is 0 Å². The lowest BCUT2D eigenvalue weighted by Gasteiger charge is -2.29. The number of hydrogen-bond donors (Lipinski definition) is 0. The predicted octanol–water partition coefficient (Wildman–Crippen LogP) is 7.54. The third kappa shape index (κ3) is 3.66. The molecule has 0 bridgehead atoms. The van der Waals surface area contributed by atoms with E-state index in [4.69, 9.17) is 4.98 Å². The summed E-state index contributed by atoms with van der Waals surface area (Å²) in [6, 6.07) is 29.0. The number of aryl methyl sites for hydroxylation is 2. The van der Waals surface area contributed by atoms with E-state index in [9.17, 15) is 0 Å². The molecule has 0 saturated heterocycles. The monoisotopic (exact) mass is 440 g/mol. The molecule has 1 aromatic heterocycles. The van der Waals surface area contributed by atoms with Crippen LogP contribution in [0.1, 0.15) is 33.9 Å². The molecular weight excluding hydrogens is 412 g/mol. The van der Waals surface area contributed by atoms with Crippen molar-refractivity contribution in [1.82, 2.24) is 9.88 Å². The zero-order valence-corrected chi connectivity index (χ0v) is 19.7. The molecule has 0 fully saturated rings. The molecule has 2 aliphatic heterocycles. The van der Waals surface area contributed by atoms with Crippen LogP contribution in [0.5, 0.6) is 0 Å². The molecule has 6 rings (SSSR count). The summed E-state index contributed by atoms with van der Waals surface area (Å²) in [4.78, 5) is 7.35. The highest BCUT2D eigenvalue weighted by Gasteiger charge is 2.33. The molecule has 1 atom stereocenters. The Morgan fingerprint density at radius 2 is 1.59 bits per heavy atom. The Kier molecular flexibility index (Phi) is 5.15. The second-order valence-electron chi connectivity index (χ2n) is 9.40. The molecule has 0 spiro atoms. The van der Waals surface area contributed by atoms with Crippen LogP contribution in [0.25, 0.3) is 28.1 Å². The lowest BCUT2D eigenvalue weighted by atomic mass is 9.93. The van der Waals surface area contributed by atoms with Crippen molar-refractivity contribution in [2.24, 2.45) is 0 Å². The number of hydrogen-bond acceptors (Lipinski definition) is 2. The van der Waals surface area contributed by atoms with E-state index in [1.54, 1.807) is 0 Å². The second kappa shape index (κ2) is 8.46. The Labute approximate surface area is 201 Å². The Morgan fingerprint density at radius 3 is 2.44 bits per heavy atom. The highest BCUT2D eigenvalue weighted by molar-refractivity contribution is 5.76. The fourth-order valence-electron chi connectivity index (χ4n) is 5.53. The van der Waals surface area contributed by atoms with E-state index in [2.05, 4.69) is 116 Å². The van der Waals surface area contributed by atoms with E-state index in [-0.39, 0.29) is 0 Å². The second-order valence-corrected chi connectivity index (χ2v) is 9.40. The maximum atomic E-state index is 4.80. The van der Waals surface area contributed by atoms with Gasteiger partial charge in [0, 0.05) is 29.6 Å². The molecule has 0 saturated carbocycles. The zero-order valence-electron chi connectivity index (χ0n) is 19.7. The molecule has 0 amide bonds. The van der Waals surface area contributed by atoms with Gasteiger partial charge in [0.1, 0.15) is 0 Å². The van der Waals surface area contributed by atoms with Crippen molar-refractivity contribution in [2.45, 2.75) is 26.3 Å². The van der Waals surface area contributed by atoms with Crippen molar-refractivity contribution in [2.75, 3.05) is 6.54 Å². The third-order valence-corrected chi connectivity index (χ3v) is 7.00. The van der Waals surface area contributed by atoms with Gasteiger partial charge in [0.15, 0.2) is 0 Å². The van der Waals surface area contributed by atoms with Crippen molar-refractivity contribution in [3.63, 3.8) is 0 Å². The summed E-state index contributed by atoms with van der Waals surface area (Å²) in [7, 11) is 0. The van der Waals surface area contributed by atoms with Crippen LogP contribution in [-0.4, -0.2) is 16.4 Å². The molecule has 3 heterocycles. The Bertz CT molecular complexity index is 1420. The Balaban J connectivity index is 1.39. The van der Waals surface area contributed by atoms with Gasteiger partial charge in [-0.05, 0) is 60.7 Å². The molecule has 3 aromatic carbocycles. The van der Waals surface area contributed by atoms with Crippen molar-refractivity contribution in [3.8, 4) is 22.4 Å². The van der Waals surface area contributed by atoms with Gasteiger partial charge in [-0.25, -0.2) is 0 Å². The molecule has 4 aromatic rings. The lowest BCUT2D eigenvalue weighted by Crippen LogP contribution is -2.24. The maximum absolute atomic E-state index is 4.80. The molecular formula is C32H28N2. The summed E-state index contributed by atoms with van der Waals surface area (Å²) in [5, 5.41) is 0. The Hall–Kier alpha value is -3.91. The molecule has 0 aliphatic carbocycles. The Morgan fingerprint density at radius 1 is 0.824 bits per heavy atom. The van der Waals surface area contributed by atoms with Crippen LogP contribution in [0, 0.1) is 13.8 Å². The minimum Gasteiger partial charge on any atom is -0.360 e. The molecule has 2 aliphatic rings. The van der Waals surface area contributed by atoms with Crippen LogP contribution in [0.15, 0.2) is 103 Å².